The van der Waals surface area contributed by atoms with Gasteiger partial charge < -0.3 is 10.8 Å². The fourth-order valence-corrected chi connectivity index (χ4v) is 1.66. The second-order valence-electron chi connectivity index (χ2n) is 4.15. The van der Waals surface area contributed by atoms with Crippen molar-refractivity contribution in [2.45, 2.75) is 26.2 Å². The molecule has 3 N–H and O–H groups in total. The second-order valence-corrected chi connectivity index (χ2v) is 4.15. The molecule has 0 radical (unpaired) electrons. The summed E-state index contributed by atoms with van der Waals surface area (Å²) in [5.74, 6) is -0.960. The highest BCUT2D eigenvalue weighted by atomic mass is 16.4. The summed E-state index contributed by atoms with van der Waals surface area (Å²) in [6, 6.07) is 7.16. The van der Waals surface area contributed by atoms with E-state index in [2.05, 4.69) is 0 Å². The normalized spacial score (nSPS) is 12.7. The molecule has 1 atom stereocenters. The molecule has 0 aromatic heterocycles. The lowest BCUT2D eigenvalue weighted by Gasteiger charge is -2.16. The van der Waals surface area contributed by atoms with E-state index in [1.54, 1.807) is 12.1 Å². The molecule has 1 unspecified atom stereocenters. The molecule has 82 valence electrons. The number of nitrogen functional groups attached to an aromatic ring is 1. The van der Waals surface area contributed by atoms with Crippen LogP contribution in [0, 0.1) is 5.92 Å². The van der Waals surface area contributed by atoms with Crippen molar-refractivity contribution < 1.29 is 9.90 Å². The summed E-state index contributed by atoms with van der Waals surface area (Å²) in [6.07, 6.45) is 0.615. The molecule has 15 heavy (non-hydrogen) atoms. The molecular weight excluding hydrogens is 190 g/mol. The number of aliphatic carboxylic acids is 1. The number of hydrogen-bond donors (Lipinski definition) is 2. The maximum absolute atomic E-state index is 11.1. The molecule has 0 aliphatic heterocycles. The molecule has 0 spiro atoms. The lowest BCUT2D eigenvalue weighted by Crippen LogP contribution is -2.15. The zero-order valence-corrected chi connectivity index (χ0v) is 9.10. The lowest BCUT2D eigenvalue weighted by atomic mass is 9.89. The smallest absolute Gasteiger partial charge is 0.311 e. The van der Waals surface area contributed by atoms with Gasteiger partial charge in [0.05, 0.1) is 5.92 Å². The van der Waals surface area contributed by atoms with E-state index in [1.165, 1.54) is 0 Å². The Kier molecular flexibility index (Phi) is 3.72. The van der Waals surface area contributed by atoms with Gasteiger partial charge in [-0.05, 0) is 24.0 Å². The van der Waals surface area contributed by atoms with Gasteiger partial charge in [0.25, 0.3) is 0 Å². The minimum Gasteiger partial charge on any atom is -0.481 e. The Labute approximate surface area is 89.9 Å². The van der Waals surface area contributed by atoms with Crippen LogP contribution in [0.1, 0.15) is 31.7 Å². The van der Waals surface area contributed by atoms with Crippen molar-refractivity contribution in [2.24, 2.45) is 5.92 Å². The predicted octanol–water partition coefficient (Wildman–Crippen LogP) is 2.48. The number of para-hydroxylation sites is 1. The summed E-state index contributed by atoms with van der Waals surface area (Å²) in [4.78, 5) is 11.1. The summed E-state index contributed by atoms with van der Waals surface area (Å²) in [5.41, 5.74) is 7.05. The lowest BCUT2D eigenvalue weighted by molar-refractivity contribution is -0.139. The summed E-state index contributed by atoms with van der Waals surface area (Å²) in [5, 5.41) is 9.14. The fraction of sp³-hybridized carbons (Fsp3) is 0.417. The van der Waals surface area contributed by atoms with E-state index in [9.17, 15) is 4.79 Å². The van der Waals surface area contributed by atoms with Gasteiger partial charge in [0.1, 0.15) is 0 Å². The van der Waals surface area contributed by atoms with Gasteiger partial charge in [-0.15, -0.1) is 0 Å². The average Bonchev–Trinajstić information content (AvgIpc) is 2.15. The molecule has 0 fully saturated rings. The van der Waals surface area contributed by atoms with E-state index in [1.807, 2.05) is 26.0 Å². The summed E-state index contributed by atoms with van der Waals surface area (Å²) >= 11 is 0. The van der Waals surface area contributed by atoms with E-state index < -0.39 is 11.9 Å². The van der Waals surface area contributed by atoms with E-state index in [0.717, 1.165) is 5.56 Å². The first-order chi connectivity index (χ1) is 7.02. The third kappa shape index (κ3) is 2.98. The van der Waals surface area contributed by atoms with Crippen molar-refractivity contribution in [3.8, 4) is 0 Å². The first-order valence-electron chi connectivity index (χ1n) is 5.09. The zero-order valence-electron chi connectivity index (χ0n) is 9.10. The highest BCUT2D eigenvalue weighted by Crippen LogP contribution is 2.28. The van der Waals surface area contributed by atoms with Crippen LogP contribution in [-0.4, -0.2) is 11.1 Å². The number of hydrogen-bond acceptors (Lipinski definition) is 2. The van der Waals surface area contributed by atoms with Crippen LogP contribution in [0.5, 0.6) is 0 Å². The van der Waals surface area contributed by atoms with Crippen molar-refractivity contribution in [1.82, 2.24) is 0 Å². The molecular formula is C12H17NO2. The maximum atomic E-state index is 11.1. The minimum atomic E-state index is -0.804. The number of carboxylic acid groups (broad SMARTS) is 1. The Morgan fingerprint density at radius 1 is 1.40 bits per heavy atom. The molecule has 0 aliphatic carbocycles. The molecule has 3 nitrogen and oxygen atoms in total. The summed E-state index contributed by atoms with van der Waals surface area (Å²) < 4.78 is 0. The minimum absolute atomic E-state index is 0.339. The van der Waals surface area contributed by atoms with Gasteiger partial charge in [-0.1, -0.05) is 32.0 Å². The molecule has 0 saturated heterocycles. The Balaban J connectivity index is 2.99. The van der Waals surface area contributed by atoms with Crippen LogP contribution >= 0.6 is 0 Å². The molecule has 0 bridgehead atoms. The fourth-order valence-electron chi connectivity index (χ4n) is 1.66. The SMILES string of the molecule is CC(C)CC(C(=O)O)c1ccccc1N. The van der Waals surface area contributed by atoms with Gasteiger partial charge >= 0.3 is 5.97 Å². The second kappa shape index (κ2) is 4.82. The van der Waals surface area contributed by atoms with Gasteiger partial charge in [-0.2, -0.15) is 0 Å². The summed E-state index contributed by atoms with van der Waals surface area (Å²) in [7, 11) is 0. The van der Waals surface area contributed by atoms with Crippen molar-refractivity contribution in [1.29, 1.82) is 0 Å². The molecule has 0 aliphatic rings. The predicted molar refractivity (Wildman–Crippen MR) is 60.7 cm³/mol. The molecule has 1 aromatic carbocycles. The quantitative estimate of drug-likeness (QED) is 0.745. The molecule has 0 heterocycles. The Morgan fingerprint density at radius 3 is 2.47 bits per heavy atom. The van der Waals surface area contributed by atoms with Gasteiger partial charge in [0.2, 0.25) is 0 Å². The first kappa shape index (κ1) is 11.6. The number of anilines is 1. The van der Waals surface area contributed by atoms with Crippen molar-refractivity contribution >= 4 is 11.7 Å². The largest absolute Gasteiger partial charge is 0.481 e. The molecule has 3 heteroatoms. The van der Waals surface area contributed by atoms with E-state index >= 15 is 0 Å². The average molecular weight is 207 g/mol. The molecule has 1 rings (SSSR count). The van der Waals surface area contributed by atoms with Crippen LogP contribution in [0.15, 0.2) is 24.3 Å². The molecule has 1 aromatic rings. The van der Waals surface area contributed by atoms with Crippen LogP contribution in [0.2, 0.25) is 0 Å². The van der Waals surface area contributed by atoms with Gasteiger partial charge in [0.15, 0.2) is 0 Å². The third-order valence-electron chi connectivity index (χ3n) is 2.38. The number of rotatable bonds is 4. The van der Waals surface area contributed by atoms with Crippen LogP contribution in [0.25, 0.3) is 0 Å². The van der Waals surface area contributed by atoms with Crippen LogP contribution < -0.4 is 5.73 Å². The van der Waals surface area contributed by atoms with E-state index in [-0.39, 0.29) is 0 Å². The zero-order chi connectivity index (χ0) is 11.4. The van der Waals surface area contributed by atoms with Gasteiger partial charge in [-0.25, -0.2) is 0 Å². The van der Waals surface area contributed by atoms with Crippen LogP contribution in [-0.2, 0) is 4.79 Å². The summed E-state index contributed by atoms with van der Waals surface area (Å²) in [6.45, 7) is 4.02. The van der Waals surface area contributed by atoms with Crippen molar-refractivity contribution in [3.63, 3.8) is 0 Å². The van der Waals surface area contributed by atoms with Gasteiger partial charge in [0, 0.05) is 5.69 Å². The number of benzene rings is 1. The number of carboxylic acids is 1. The highest BCUT2D eigenvalue weighted by molar-refractivity contribution is 5.78. The highest BCUT2D eigenvalue weighted by Gasteiger charge is 2.22. The Bertz CT molecular complexity index is 347. The number of carbonyl (C=O) groups is 1. The van der Waals surface area contributed by atoms with Crippen LogP contribution in [0.3, 0.4) is 0 Å². The Morgan fingerprint density at radius 2 is 2.00 bits per heavy atom. The van der Waals surface area contributed by atoms with Crippen molar-refractivity contribution in [2.75, 3.05) is 5.73 Å². The topological polar surface area (TPSA) is 63.3 Å². The Hall–Kier alpha value is -1.51. The third-order valence-corrected chi connectivity index (χ3v) is 2.38. The monoisotopic (exact) mass is 207 g/mol. The molecule has 0 amide bonds. The van der Waals surface area contributed by atoms with E-state index in [0.29, 0.717) is 18.0 Å². The van der Waals surface area contributed by atoms with E-state index in [4.69, 9.17) is 10.8 Å². The van der Waals surface area contributed by atoms with Crippen LogP contribution in [0.4, 0.5) is 5.69 Å². The maximum Gasteiger partial charge on any atom is 0.311 e. The van der Waals surface area contributed by atoms with Gasteiger partial charge in [-0.3, -0.25) is 4.79 Å². The number of nitrogens with two attached hydrogens (primary N) is 1. The molecule has 0 saturated carbocycles. The van der Waals surface area contributed by atoms with Crippen molar-refractivity contribution in [3.05, 3.63) is 29.8 Å². The first-order valence-corrected chi connectivity index (χ1v) is 5.09. The standard InChI is InChI=1S/C12H17NO2/c1-8(2)7-10(12(14)15)9-5-3-4-6-11(9)13/h3-6,8,10H,7,13H2,1-2H3,(H,14,15).